The van der Waals surface area contributed by atoms with Gasteiger partial charge in [0.1, 0.15) is 0 Å². The molecule has 17 heavy (non-hydrogen) atoms. The molecule has 0 amide bonds. The van der Waals surface area contributed by atoms with Gasteiger partial charge in [-0.2, -0.15) is 0 Å². The number of pyridine rings is 1. The first-order chi connectivity index (χ1) is 8.10. The molecule has 0 saturated heterocycles. The third kappa shape index (κ3) is 4.42. The SMILES string of the molecule is CC(C)(CNC(CO)CCO)c1ccncc1. The van der Waals surface area contributed by atoms with Gasteiger partial charge in [-0.15, -0.1) is 0 Å². The third-order valence-electron chi connectivity index (χ3n) is 2.99. The Morgan fingerprint density at radius 1 is 1.29 bits per heavy atom. The van der Waals surface area contributed by atoms with E-state index in [0.29, 0.717) is 6.42 Å². The fourth-order valence-electron chi connectivity index (χ4n) is 1.72. The molecule has 0 radical (unpaired) electrons. The minimum absolute atomic E-state index is 0.0220. The summed E-state index contributed by atoms with van der Waals surface area (Å²) in [6, 6.07) is 3.96. The minimum Gasteiger partial charge on any atom is -0.396 e. The summed E-state index contributed by atoms with van der Waals surface area (Å²) in [5.41, 5.74) is 1.19. The highest BCUT2D eigenvalue weighted by Crippen LogP contribution is 2.21. The number of nitrogens with one attached hydrogen (secondary N) is 1. The molecular formula is C13H22N2O2. The van der Waals surface area contributed by atoms with Crippen molar-refractivity contribution in [3.05, 3.63) is 30.1 Å². The Morgan fingerprint density at radius 2 is 1.94 bits per heavy atom. The molecule has 1 heterocycles. The number of rotatable bonds is 7. The standard InChI is InChI=1S/C13H22N2O2/c1-13(2,11-3-6-14-7-4-11)10-15-12(9-17)5-8-16/h3-4,6-7,12,15-17H,5,8-10H2,1-2H3. The molecular weight excluding hydrogens is 216 g/mol. The van der Waals surface area contributed by atoms with Crippen molar-refractivity contribution in [2.24, 2.45) is 0 Å². The second-order valence-electron chi connectivity index (χ2n) is 4.89. The lowest BCUT2D eigenvalue weighted by Gasteiger charge is -2.28. The van der Waals surface area contributed by atoms with E-state index in [9.17, 15) is 0 Å². The van der Waals surface area contributed by atoms with Crippen LogP contribution in [0.4, 0.5) is 0 Å². The van der Waals surface area contributed by atoms with Crippen molar-refractivity contribution in [2.45, 2.75) is 31.7 Å². The first-order valence-corrected chi connectivity index (χ1v) is 5.96. The summed E-state index contributed by atoms with van der Waals surface area (Å²) in [4.78, 5) is 4.01. The number of aliphatic hydroxyl groups is 2. The Labute approximate surface area is 103 Å². The Bertz CT molecular complexity index is 314. The normalized spacial score (nSPS) is 13.6. The van der Waals surface area contributed by atoms with Crippen LogP contribution in [0.15, 0.2) is 24.5 Å². The zero-order chi connectivity index (χ0) is 12.7. The summed E-state index contributed by atoms with van der Waals surface area (Å²) >= 11 is 0. The van der Waals surface area contributed by atoms with Gasteiger partial charge in [0.05, 0.1) is 6.61 Å². The van der Waals surface area contributed by atoms with Crippen LogP contribution in [0.3, 0.4) is 0 Å². The maximum absolute atomic E-state index is 9.14. The second kappa shape index (κ2) is 6.69. The van der Waals surface area contributed by atoms with Gasteiger partial charge in [0.25, 0.3) is 0 Å². The van der Waals surface area contributed by atoms with E-state index in [1.165, 1.54) is 5.56 Å². The summed E-state index contributed by atoms with van der Waals surface area (Å²) in [6.45, 7) is 5.18. The third-order valence-corrected chi connectivity index (χ3v) is 2.99. The Balaban J connectivity index is 2.55. The van der Waals surface area contributed by atoms with E-state index in [4.69, 9.17) is 10.2 Å². The smallest absolute Gasteiger partial charge is 0.0585 e. The zero-order valence-corrected chi connectivity index (χ0v) is 10.6. The fraction of sp³-hybridized carbons (Fsp3) is 0.615. The molecule has 0 bridgehead atoms. The van der Waals surface area contributed by atoms with E-state index in [0.717, 1.165) is 6.54 Å². The van der Waals surface area contributed by atoms with Crippen molar-refractivity contribution in [2.75, 3.05) is 19.8 Å². The lowest BCUT2D eigenvalue weighted by atomic mass is 9.85. The fourth-order valence-corrected chi connectivity index (χ4v) is 1.72. The maximum atomic E-state index is 9.14. The molecule has 0 aliphatic carbocycles. The predicted octanol–water partition coefficient (Wildman–Crippen LogP) is 0.692. The topological polar surface area (TPSA) is 65.4 Å². The first kappa shape index (κ1) is 14.1. The average molecular weight is 238 g/mol. The van der Waals surface area contributed by atoms with E-state index in [1.54, 1.807) is 12.4 Å². The number of hydrogen-bond donors (Lipinski definition) is 3. The van der Waals surface area contributed by atoms with Crippen LogP contribution in [0, 0.1) is 0 Å². The van der Waals surface area contributed by atoms with Crippen LogP contribution >= 0.6 is 0 Å². The van der Waals surface area contributed by atoms with Gasteiger partial charge in [0.2, 0.25) is 0 Å². The minimum atomic E-state index is -0.0406. The van der Waals surface area contributed by atoms with Gasteiger partial charge in [-0.3, -0.25) is 4.98 Å². The molecule has 1 atom stereocenters. The highest BCUT2D eigenvalue weighted by molar-refractivity contribution is 5.21. The number of aliphatic hydroxyl groups excluding tert-OH is 2. The highest BCUT2D eigenvalue weighted by atomic mass is 16.3. The summed E-state index contributed by atoms with van der Waals surface area (Å²) in [5, 5.41) is 21.3. The lowest BCUT2D eigenvalue weighted by molar-refractivity contribution is 0.195. The largest absolute Gasteiger partial charge is 0.396 e. The molecule has 0 aliphatic heterocycles. The van der Waals surface area contributed by atoms with Crippen molar-refractivity contribution >= 4 is 0 Å². The number of hydrogen-bond acceptors (Lipinski definition) is 4. The average Bonchev–Trinajstić information content (AvgIpc) is 2.35. The van der Waals surface area contributed by atoms with Gasteiger partial charge >= 0.3 is 0 Å². The number of aromatic nitrogens is 1. The lowest BCUT2D eigenvalue weighted by Crippen LogP contribution is -2.41. The van der Waals surface area contributed by atoms with E-state index in [2.05, 4.69) is 24.1 Å². The predicted molar refractivity (Wildman–Crippen MR) is 67.8 cm³/mol. The van der Waals surface area contributed by atoms with E-state index in [1.807, 2.05) is 12.1 Å². The van der Waals surface area contributed by atoms with Crippen LogP contribution in [0.5, 0.6) is 0 Å². The Kier molecular flexibility index (Phi) is 5.55. The van der Waals surface area contributed by atoms with Crippen molar-refractivity contribution < 1.29 is 10.2 Å². The molecule has 3 N–H and O–H groups in total. The molecule has 0 saturated carbocycles. The second-order valence-corrected chi connectivity index (χ2v) is 4.89. The van der Waals surface area contributed by atoms with Gasteiger partial charge in [-0.05, 0) is 24.1 Å². The zero-order valence-electron chi connectivity index (χ0n) is 10.6. The van der Waals surface area contributed by atoms with Crippen molar-refractivity contribution in [3.63, 3.8) is 0 Å². The van der Waals surface area contributed by atoms with E-state index in [-0.39, 0.29) is 24.7 Å². The summed E-state index contributed by atoms with van der Waals surface area (Å²) in [7, 11) is 0. The molecule has 1 rings (SSSR count). The molecule has 1 aromatic heterocycles. The molecule has 4 nitrogen and oxygen atoms in total. The van der Waals surface area contributed by atoms with Crippen molar-refractivity contribution in [1.82, 2.24) is 10.3 Å². The Hall–Kier alpha value is -0.970. The molecule has 1 unspecified atom stereocenters. The highest BCUT2D eigenvalue weighted by Gasteiger charge is 2.21. The molecule has 0 fully saturated rings. The van der Waals surface area contributed by atoms with Gasteiger partial charge in [-0.1, -0.05) is 13.8 Å². The molecule has 1 aromatic rings. The van der Waals surface area contributed by atoms with Crippen LogP contribution in [-0.4, -0.2) is 41.0 Å². The molecule has 0 aromatic carbocycles. The first-order valence-electron chi connectivity index (χ1n) is 5.96. The molecule has 96 valence electrons. The van der Waals surface area contributed by atoms with Crippen LogP contribution in [0.1, 0.15) is 25.8 Å². The van der Waals surface area contributed by atoms with Crippen LogP contribution in [-0.2, 0) is 5.41 Å². The van der Waals surface area contributed by atoms with Gasteiger partial charge in [-0.25, -0.2) is 0 Å². The van der Waals surface area contributed by atoms with Gasteiger partial charge < -0.3 is 15.5 Å². The summed E-state index contributed by atoms with van der Waals surface area (Å²) in [5.74, 6) is 0. The van der Waals surface area contributed by atoms with Crippen molar-refractivity contribution in [3.8, 4) is 0 Å². The molecule has 4 heteroatoms. The van der Waals surface area contributed by atoms with Crippen LogP contribution in [0.2, 0.25) is 0 Å². The van der Waals surface area contributed by atoms with Crippen LogP contribution in [0.25, 0.3) is 0 Å². The summed E-state index contributed by atoms with van der Waals surface area (Å²) < 4.78 is 0. The van der Waals surface area contributed by atoms with Crippen LogP contribution < -0.4 is 5.32 Å². The van der Waals surface area contributed by atoms with Crippen molar-refractivity contribution in [1.29, 1.82) is 0 Å². The van der Waals surface area contributed by atoms with Gasteiger partial charge in [0.15, 0.2) is 0 Å². The van der Waals surface area contributed by atoms with E-state index < -0.39 is 0 Å². The quantitative estimate of drug-likeness (QED) is 0.654. The van der Waals surface area contributed by atoms with E-state index >= 15 is 0 Å². The molecule has 0 aliphatic rings. The monoisotopic (exact) mass is 238 g/mol. The number of nitrogens with zero attached hydrogens (tertiary/aromatic N) is 1. The Morgan fingerprint density at radius 3 is 2.47 bits per heavy atom. The maximum Gasteiger partial charge on any atom is 0.0585 e. The van der Waals surface area contributed by atoms with Gasteiger partial charge in [0, 0.05) is 37.0 Å². The summed E-state index contributed by atoms with van der Waals surface area (Å²) in [6.07, 6.45) is 4.14. The molecule has 0 spiro atoms.